The van der Waals surface area contributed by atoms with Crippen molar-refractivity contribution in [3.05, 3.63) is 47.0 Å². The molecule has 5 heteroatoms. The summed E-state index contributed by atoms with van der Waals surface area (Å²) in [5, 5.41) is 0. The van der Waals surface area contributed by atoms with Gasteiger partial charge >= 0.3 is 0 Å². The highest BCUT2D eigenvalue weighted by molar-refractivity contribution is 9.10. The molecule has 0 aliphatic rings. The number of hydrogen-bond acceptors (Lipinski definition) is 3. The topological polar surface area (TPSA) is 43.8 Å². The highest BCUT2D eigenvalue weighted by Crippen LogP contribution is 2.25. The number of thioether (sulfide) groups is 1. The van der Waals surface area contributed by atoms with Gasteiger partial charge in [0.05, 0.1) is 6.04 Å². The van der Waals surface area contributed by atoms with Crippen LogP contribution in [0.4, 0.5) is 0 Å². The Morgan fingerprint density at radius 2 is 2.33 bits per heavy atom. The van der Waals surface area contributed by atoms with Crippen LogP contribution in [0.15, 0.2) is 46.0 Å². The molecule has 0 fully saturated rings. The zero-order chi connectivity index (χ0) is 13.0. The number of rotatable bonds is 5. The maximum Gasteiger partial charge on any atom is 0.126 e. The Balaban J connectivity index is 1.98. The summed E-state index contributed by atoms with van der Waals surface area (Å²) in [4.78, 5) is 5.55. The Labute approximate surface area is 120 Å². The van der Waals surface area contributed by atoms with Crippen molar-refractivity contribution in [2.45, 2.75) is 24.4 Å². The molecule has 2 N–H and O–H groups in total. The van der Waals surface area contributed by atoms with Gasteiger partial charge in [-0.05, 0) is 25.1 Å². The first kappa shape index (κ1) is 13.6. The van der Waals surface area contributed by atoms with Gasteiger partial charge in [-0.15, -0.1) is 11.8 Å². The van der Waals surface area contributed by atoms with E-state index in [0.29, 0.717) is 0 Å². The van der Waals surface area contributed by atoms with Crippen LogP contribution in [0, 0.1) is 0 Å². The van der Waals surface area contributed by atoms with Crippen LogP contribution in [0.1, 0.15) is 18.8 Å². The van der Waals surface area contributed by atoms with Crippen LogP contribution in [-0.4, -0.2) is 15.3 Å². The molecule has 2 aromatic rings. The summed E-state index contributed by atoms with van der Waals surface area (Å²) < 4.78 is 3.18. The number of benzene rings is 1. The third kappa shape index (κ3) is 3.37. The van der Waals surface area contributed by atoms with Gasteiger partial charge in [0.15, 0.2) is 0 Å². The van der Waals surface area contributed by atoms with Crippen molar-refractivity contribution in [2.75, 3.05) is 5.75 Å². The first-order valence-electron chi connectivity index (χ1n) is 5.85. The first-order valence-corrected chi connectivity index (χ1v) is 7.63. The molecule has 3 nitrogen and oxygen atoms in total. The Kier molecular flexibility index (Phi) is 4.86. The minimum absolute atomic E-state index is 0.0380. The van der Waals surface area contributed by atoms with E-state index in [1.54, 1.807) is 11.8 Å². The lowest BCUT2D eigenvalue weighted by molar-refractivity contribution is 0.642. The number of halogens is 1. The van der Waals surface area contributed by atoms with E-state index < -0.39 is 0 Å². The quantitative estimate of drug-likeness (QED) is 0.856. The third-order valence-electron chi connectivity index (χ3n) is 2.65. The first-order chi connectivity index (χ1) is 8.70. The second-order valence-electron chi connectivity index (χ2n) is 3.95. The predicted molar refractivity (Wildman–Crippen MR) is 79.7 cm³/mol. The van der Waals surface area contributed by atoms with Crippen molar-refractivity contribution in [3.63, 3.8) is 0 Å². The van der Waals surface area contributed by atoms with Crippen LogP contribution in [0.3, 0.4) is 0 Å². The predicted octanol–water partition coefficient (Wildman–Crippen LogP) is 3.46. The smallest absolute Gasteiger partial charge is 0.126 e. The van der Waals surface area contributed by atoms with Crippen LogP contribution < -0.4 is 5.73 Å². The average molecular weight is 326 g/mol. The summed E-state index contributed by atoms with van der Waals surface area (Å²) in [6.07, 6.45) is 3.78. The number of imidazole rings is 1. The molecule has 1 aromatic heterocycles. The molecular formula is C13H16BrN3S. The molecular weight excluding hydrogens is 310 g/mol. The van der Waals surface area contributed by atoms with Gasteiger partial charge in [-0.1, -0.05) is 22.0 Å². The van der Waals surface area contributed by atoms with Crippen LogP contribution in [0.25, 0.3) is 0 Å². The fraction of sp³-hybridized carbons (Fsp3) is 0.308. The standard InChI is InChI=1S/C13H16BrN3S/c1-2-17-7-6-16-13(17)12(15)9-18-11-5-3-4-10(14)8-11/h3-8,12H,2,9,15H2,1H3. The van der Waals surface area contributed by atoms with Gasteiger partial charge in [0, 0.05) is 34.1 Å². The van der Waals surface area contributed by atoms with Crippen molar-refractivity contribution in [1.29, 1.82) is 0 Å². The fourth-order valence-electron chi connectivity index (χ4n) is 1.73. The van der Waals surface area contributed by atoms with Gasteiger partial charge < -0.3 is 10.3 Å². The Bertz CT molecular complexity index is 512. The fourth-order valence-corrected chi connectivity index (χ4v) is 3.19. The van der Waals surface area contributed by atoms with Crippen molar-refractivity contribution in [2.24, 2.45) is 5.73 Å². The van der Waals surface area contributed by atoms with E-state index in [4.69, 9.17) is 5.73 Å². The summed E-state index contributed by atoms with van der Waals surface area (Å²) in [7, 11) is 0. The van der Waals surface area contributed by atoms with Gasteiger partial charge in [-0.2, -0.15) is 0 Å². The molecule has 0 saturated heterocycles. The monoisotopic (exact) mass is 325 g/mol. The van der Waals surface area contributed by atoms with E-state index in [0.717, 1.165) is 22.6 Å². The van der Waals surface area contributed by atoms with Crippen molar-refractivity contribution in [1.82, 2.24) is 9.55 Å². The van der Waals surface area contributed by atoms with Crippen LogP contribution in [-0.2, 0) is 6.54 Å². The third-order valence-corrected chi connectivity index (χ3v) is 4.25. The molecule has 1 atom stereocenters. The van der Waals surface area contributed by atoms with E-state index in [2.05, 4.69) is 44.5 Å². The minimum Gasteiger partial charge on any atom is -0.334 e. The molecule has 2 rings (SSSR count). The summed E-state index contributed by atoms with van der Waals surface area (Å²) in [5.74, 6) is 1.79. The van der Waals surface area contributed by atoms with Crippen molar-refractivity contribution in [3.8, 4) is 0 Å². The van der Waals surface area contributed by atoms with E-state index in [9.17, 15) is 0 Å². The summed E-state index contributed by atoms with van der Waals surface area (Å²) >= 11 is 5.22. The van der Waals surface area contributed by atoms with Crippen LogP contribution in [0.2, 0.25) is 0 Å². The highest BCUT2D eigenvalue weighted by atomic mass is 79.9. The zero-order valence-electron chi connectivity index (χ0n) is 10.2. The normalized spacial score (nSPS) is 12.6. The molecule has 0 amide bonds. The molecule has 0 aliphatic carbocycles. The highest BCUT2D eigenvalue weighted by Gasteiger charge is 2.12. The lowest BCUT2D eigenvalue weighted by Crippen LogP contribution is -2.18. The van der Waals surface area contributed by atoms with E-state index in [1.807, 2.05) is 24.5 Å². The second-order valence-corrected chi connectivity index (χ2v) is 5.96. The molecule has 0 aliphatic heterocycles. The van der Waals surface area contributed by atoms with Gasteiger partial charge in [0.1, 0.15) is 5.82 Å². The van der Waals surface area contributed by atoms with Gasteiger partial charge in [-0.25, -0.2) is 4.98 Å². The summed E-state index contributed by atoms with van der Waals surface area (Å²) in [6.45, 7) is 3.00. The van der Waals surface area contributed by atoms with Crippen molar-refractivity contribution < 1.29 is 0 Å². The van der Waals surface area contributed by atoms with Crippen molar-refractivity contribution >= 4 is 27.7 Å². The maximum atomic E-state index is 6.19. The molecule has 1 unspecified atom stereocenters. The van der Waals surface area contributed by atoms with Crippen LogP contribution in [0.5, 0.6) is 0 Å². The summed E-state index contributed by atoms with van der Waals surface area (Å²) in [6, 6.07) is 8.21. The molecule has 96 valence electrons. The number of nitrogens with zero attached hydrogens (tertiary/aromatic N) is 2. The van der Waals surface area contributed by atoms with Gasteiger partial charge in [-0.3, -0.25) is 0 Å². The van der Waals surface area contributed by atoms with E-state index in [1.165, 1.54) is 4.90 Å². The zero-order valence-corrected chi connectivity index (χ0v) is 12.6. The van der Waals surface area contributed by atoms with E-state index >= 15 is 0 Å². The second kappa shape index (κ2) is 6.41. The number of aryl methyl sites for hydroxylation is 1. The molecule has 1 heterocycles. The molecule has 1 aromatic carbocycles. The lowest BCUT2D eigenvalue weighted by Gasteiger charge is -2.12. The lowest BCUT2D eigenvalue weighted by atomic mass is 10.3. The average Bonchev–Trinajstić information content (AvgIpc) is 2.84. The Hall–Kier alpha value is -0.780. The number of aromatic nitrogens is 2. The Morgan fingerprint density at radius 1 is 1.50 bits per heavy atom. The van der Waals surface area contributed by atoms with Gasteiger partial charge in [0.25, 0.3) is 0 Å². The SMILES string of the molecule is CCn1ccnc1C(N)CSc1cccc(Br)c1. The van der Waals surface area contributed by atoms with Gasteiger partial charge in [0.2, 0.25) is 0 Å². The van der Waals surface area contributed by atoms with E-state index in [-0.39, 0.29) is 6.04 Å². The summed E-state index contributed by atoms with van der Waals surface area (Å²) in [5.41, 5.74) is 6.19. The Morgan fingerprint density at radius 3 is 3.06 bits per heavy atom. The minimum atomic E-state index is -0.0380. The number of hydrogen-bond donors (Lipinski definition) is 1. The molecule has 0 bridgehead atoms. The molecule has 0 spiro atoms. The number of nitrogens with two attached hydrogens (primary N) is 1. The molecule has 0 radical (unpaired) electrons. The maximum absolute atomic E-state index is 6.19. The molecule has 0 saturated carbocycles. The largest absolute Gasteiger partial charge is 0.334 e. The van der Waals surface area contributed by atoms with Crippen LogP contribution >= 0.6 is 27.7 Å². The molecule has 18 heavy (non-hydrogen) atoms.